The van der Waals surface area contributed by atoms with Crippen molar-refractivity contribution >= 4 is 17.0 Å². The van der Waals surface area contributed by atoms with Gasteiger partial charge in [0.15, 0.2) is 0 Å². The highest BCUT2D eigenvalue weighted by Gasteiger charge is 2.11. The highest BCUT2D eigenvalue weighted by molar-refractivity contribution is 5.90. The van der Waals surface area contributed by atoms with Gasteiger partial charge in [0.1, 0.15) is 19.0 Å². The second-order valence-electron chi connectivity index (χ2n) is 6.22. The molecular weight excluding hydrogens is 338 g/mol. The molecule has 0 saturated carbocycles. The van der Waals surface area contributed by atoms with Crippen LogP contribution in [0.1, 0.15) is 11.1 Å². The topological polar surface area (TPSA) is 40.5 Å². The zero-order chi connectivity index (χ0) is 18.5. The molecule has 0 saturated heterocycles. The van der Waals surface area contributed by atoms with E-state index in [2.05, 4.69) is 0 Å². The Labute approximate surface area is 157 Å². The molecule has 4 aromatic rings. The Morgan fingerprint density at radius 2 is 1.44 bits per heavy atom. The number of carbonyl (C=O) groups excluding carboxylic acids is 1. The van der Waals surface area contributed by atoms with E-state index in [0.717, 1.165) is 27.8 Å². The van der Waals surface area contributed by atoms with Crippen LogP contribution >= 0.6 is 0 Å². The molecule has 4 heteroatoms. The molecule has 0 radical (unpaired) electrons. The van der Waals surface area contributed by atoms with E-state index < -0.39 is 6.09 Å². The fourth-order valence-corrected chi connectivity index (χ4v) is 2.90. The lowest BCUT2D eigenvalue weighted by atomic mass is 10.2. The summed E-state index contributed by atoms with van der Waals surface area (Å²) in [4.78, 5) is 12.4. The van der Waals surface area contributed by atoms with Crippen molar-refractivity contribution in [3.63, 3.8) is 0 Å². The lowest BCUT2D eigenvalue weighted by molar-refractivity contribution is 0.142. The van der Waals surface area contributed by atoms with Crippen molar-refractivity contribution in [2.75, 3.05) is 0 Å². The number of ether oxygens (including phenoxy) is 2. The number of benzene rings is 3. The Balaban J connectivity index is 1.44. The molecule has 0 atom stereocenters. The van der Waals surface area contributed by atoms with Gasteiger partial charge >= 0.3 is 6.09 Å². The summed E-state index contributed by atoms with van der Waals surface area (Å²) in [5.74, 6) is 0.766. The van der Waals surface area contributed by atoms with Crippen molar-refractivity contribution in [2.45, 2.75) is 13.2 Å². The van der Waals surface area contributed by atoms with E-state index in [1.807, 2.05) is 84.9 Å². The maximum Gasteiger partial charge on any atom is 0.418 e. The molecule has 0 fully saturated rings. The van der Waals surface area contributed by atoms with E-state index in [4.69, 9.17) is 9.47 Å². The SMILES string of the molecule is O=C(OCc1ccccc1)n1ccc2cc(OCc3ccccc3)ccc21. The number of hydrogen-bond donors (Lipinski definition) is 0. The van der Waals surface area contributed by atoms with Gasteiger partial charge in [-0.1, -0.05) is 60.7 Å². The molecule has 27 heavy (non-hydrogen) atoms. The highest BCUT2D eigenvalue weighted by atomic mass is 16.5. The lowest BCUT2D eigenvalue weighted by Crippen LogP contribution is -2.12. The number of fused-ring (bicyclic) bond motifs is 1. The summed E-state index contributed by atoms with van der Waals surface area (Å²) < 4.78 is 12.8. The second kappa shape index (κ2) is 7.79. The fraction of sp³-hybridized carbons (Fsp3) is 0.0870. The van der Waals surface area contributed by atoms with Crippen molar-refractivity contribution in [3.05, 3.63) is 102 Å². The van der Waals surface area contributed by atoms with E-state index >= 15 is 0 Å². The van der Waals surface area contributed by atoms with Gasteiger partial charge in [-0.2, -0.15) is 0 Å². The van der Waals surface area contributed by atoms with Gasteiger partial charge in [-0.15, -0.1) is 0 Å². The Morgan fingerprint density at radius 3 is 2.15 bits per heavy atom. The zero-order valence-electron chi connectivity index (χ0n) is 14.7. The normalized spacial score (nSPS) is 10.7. The van der Waals surface area contributed by atoms with E-state index in [-0.39, 0.29) is 6.61 Å². The Morgan fingerprint density at radius 1 is 0.778 bits per heavy atom. The first-order chi connectivity index (χ1) is 13.3. The minimum absolute atomic E-state index is 0.248. The average Bonchev–Trinajstić information content (AvgIpc) is 3.15. The molecule has 0 aliphatic rings. The second-order valence-corrected chi connectivity index (χ2v) is 6.22. The molecule has 1 heterocycles. The van der Waals surface area contributed by atoms with Gasteiger partial charge in [0.25, 0.3) is 0 Å². The Hall–Kier alpha value is -3.53. The van der Waals surface area contributed by atoms with E-state index in [1.54, 1.807) is 6.20 Å². The van der Waals surface area contributed by atoms with Gasteiger partial charge in [0.05, 0.1) is 5.52 Å². The molecule has 0 bridgehead atoms. The fourth-order valence-electron chi connectivity index (χ4n) is 2.90. The first kappa shape index (κ1) is 16.9. The van der Waals surface area contributed by atoms with Crippen molar-refractivity contribution in [3.8, 4) is 5.75 Å². The van der Waals surface area contributed by atoms with Gasteiger partial charge in [0.2, 0.25) is 0 Å². The molecule has 0 amide bonds. The maximum absolute atomic E-state index is 12.4. The van der Waals surface area contributed by atoms with Gasteiger partial charge in [-0.25, -0.2) is 4.79 Å². The van der Waals surface area contributed by atoms with Crippen molar-refractivity contribution in [2.24, 2.45) is 0 Å². The smallest absolute Gasteiger partial charge is 0.418 e. The first-order valence-corrected chi connectivity index (χ1v) is 8.78. The summed E-state index contributed by atoms with van der Waals surface area (Å²) in [6.45, 7) is 0.754. The van der Waals surface area contributed by atoms with Crippen LogP contribution in [0.25, 0.3) is 10.9 Å². The number of hydrogen-bond acceptors (Lipinski definition) is 3. The van der Waals surface area contributed by atoms with Crippen LogP contribution in [-0.2, 0) is 18.0 Å². The van der Waals surface area contributed by atoms with Crippen LogP contribution in [0.15, 0.2) is 91.1 Å². The molecular formula is C23H19NO3. The summed E-state index contributed by atoms with van der Waals surface area (Å²) in [5.41, 5.74) is 2.86. The number of rotatable bonds is 5. The van der Waals surface area contributed by atoms with Crippen LogP contribution in [0.5, 0.6) is 5.75 Å². The molecule has 4 rings (SSSR count). The molecule has 0 spiro atoms. The van der Waals surface area contributed by atoms with Gasteiger partial charge in [-0.3, -0.25) is 4.57 Å². The highest BCUT2D eigenvalue weighted by Crippen LogP contribution is 2.23. The van der Waals surface area contributed by atoms with Crippen LogP contribution in [-0.4, -0.2) is 10.7 Å². The van der Waals surface area contributed by atoms with Crippen molar-refractivity contribution < 1.29 is 14.3 Å². The molecule has 0 unspecified atom stereocenters. The third-order valence-electron chi connectivity index (χ3n) is 4.31. The minimum atomic E-state index is -0.396. The standard InChI is InChI=1S/C23H19NO3/c25-23(27-17-19-9-5-2-6-10-19)24-14-13-20-15-21(11-12-22(20)24)26-16-18-7-3-1-4-8-18/h1-15H,16-17H2. The first-order valence-electron chi connectivity index (χ1n) is 8.78. The molecule has 1 aromatic heterocycles. The number of carbonyl (C=O) groups is 1. The van der Waals surface area contributed by atoms with Crippen LogP contribution in [0, 0.1) is 0 Å². The van der Waals surface area contributed by atoms with Crippen LogP contribution in [0.4, 0.5) is 4.79 Å². The zero-order valence-corrected chi connectivity index (χ0v) is 14.7. The third kappa shape index (κ3) is 4.01. The van der Waals surface area contributed by atoms with E-state index in [1.165, 1.54) is 4.57 Å². The summed E-state index contributed by atoms with van der Waals surface area (Å²) in [6.07, 6.45) is 1.32. The monoisotopic (exact) mass is 357 g/mol. The summed E-state index contributed by atoms with van der Waals surface area (Å²) in [6, 6.07) is 27.2. The lowest BCUT2D eigenvalue weighted by Gasteiger charge is -2.08. The van der Waals surface area contributed by atoms with E-state index in [0.29, 0.717) is 6.61 Å². The average molecular weight is 357 g/mol. The molecule has 0 aliphatic carbocycles. The van der Waals surface area contributed by atoms with Gasteiger partial charge in [0, 0.05) is 11.6 Å². The molecule has 3 aromatic carbocycles. The van der Waals surface area contributed by atoms with Crippen molar-refractivity contribution in [1.29, 1.82) is 0 Å². The molecule has 0 N–H and O–H groups in total. The molecule has 0 aliphatic heterocycles. The molecule has 134 valence electrons. The predicted molar refractivity (Wildman–Crippen MR) is 105 cm³/mol. The van der Waals surface area contributed by atoms with Gasteiger partial charge < -0.3 is 9.47 Å². The van der Waals surface area contributed by atoms with Crippen molar-refractivity contribution in [1.82, 2.24) is 4.57 Å². The third-order valence-corrected chi connectivity index (χ3v) is 4.31. The number of nitrogens with zero attached hydrogens (tertiary/aromatic N) is 1. The van der Waals surface area contributed by atoms with Crippen LogP contribution in [0.2, 0.25) is 0 Å². The Bertz CT molecular complexity index is 1040. The van der Waals surface area contributed by atoms with Crippen LogP contribution < -0.4 is 4.74 Å². The Kier molecular flexibility index (Phi) is 4.88. The maximum atomic E-state index is 12.4. The minimum Gasteiger partial charge on any atom is -0.489 e. The van der Waals surface area contributed by atoms with Gasteiger partial charge in [-0.05, 0) is 35.4 Å². The van der Waals surface area contributed by atoms with Crippen LogP contribution in [0.3, 0.4) is 0 Å². The summed E-state index contributed by atoms with van der Waals surface area (Å²) in [7, 11) is 0. The number of aromatic nitrogens is 1. The molecule has 4 nitrogen and oxygen atoms in total. The largest absolute Gasteiger partial charge is 0.489 e. The predicted octanol–water partition coefficient (Wildman–Crippen LogP) is 5.41. The van der Waals surface area contributed by atoms with E-state index in [9.17, 15) is 4.79 Å². The summed E-state index contributed by atoms with van der Waals surface area (Å²) >= 11 is 0. The summed E-state index contributed by atoms with van der Waals surface area (Å²) in [5, 5.41) is 0.928. The quantitative estimate of drug-likeness (QED) is 0.480.